The monoisotopic (exact) mass is 373 g/mol. The minimum atomic E-state index is -0.490. The van der Waals surface area contributed by atoms with Gasteiger partial charge in [-0.3, -0.25) is 4.79 Å². The van der Waals surface area contributed by atoms with E-state index in [0.717, 1.165) is 43.0 Å². The summed E-state index contributed by atoms with van der Waals surface area (Å²) >= 11 is 0. The van der Waals surface area contributed by atoms with Crippen LogP contribution in [0.25, 0.3) is 11.0 Å². The molecule has 2 aromatic heterocycles. The molecule has 7 heteroatoms. The van der Waals surface area contributed by atoms with Crippen LogP contribution in [0.5, 0.6) is 0 Å². The number of aromatic nitrogens is 3. The molecule has 0 bridgehead atoms. The highest BCUT2D eigenvalue weighted by molar-refractivity contribution is 5.73. The van der Waals surface area contributed by atoms with Gasteiger partial charge in [0.05, 0.1) is 12.0 Å². The van der Waals surface area contributed by atoms with E-state index in [2.05, 4.69) is 21.9 Å². The Morgan fingerprint density at radius 1 is 1.19 bits per heavy atom. The largest absolute Gasteiger partial charge is 0.373 e. The molecule has 1 aromatic carbocycles. The number of fused-ring (bicyclic) bond motifs is 1. The number of aromatic amines is 1. The number of benzene rings is 1. The standard InChI is InChI=1S/C20H21F2N3O2/c1-2-3-4-13-9-16-19(23-11-13)24-18(25-20(16)26)12-27-8-7-14-10-15(21)5-6-17(14)22/h5-6,9-11H,2-4,7-8,12H2,1H3,(H,23,24,25,26). The van der Waals surface area contributed by atoms with Gasteiger partial charge in [-0.25, -0.2) is 18.7 Å². The maximum absolute atomic E-state index is 13.6. The SMILES string of the molecule is CCCCc1cnc2nc(COCCc3cc(F)ccc3F)[nH]c(=O)c2c1. The Labute approximate surface area is 155 Å². The summed E-state index contributed by atoms with van der Waals surface area (Å²) in [6.07, 6.45) is 4.95. The fraction of sp³-hybridized carbons (Fsp3) is 0.350. The number of aryl methyl sites for hydroxylation is 1. The van der Waals surface area contributed by atoms with E-state index in [1.54, 1.807) is 6.20 Å². The summed E-state index contributed by atoms with van der Waals surface area (Å²) in [4.78, 5) is 23.5. The summed E-state index contributed by atoms with van der Waals surface area (Å²) in [6, 6.07) is 5.13. The van der Waals surface area contributed by atoms with Crippen LogP contribution in [0.3, 0.4) is 0 Å². The smallest absolute Gasteiger partial charge is 0.260 e. The van der Waals surface area contributed by atoms with Gasteiger partial charge >= 0.3 is 0 Å². The first-order chi connectivity index (χ1) is 13.1. The van der Waals surface area contributed by atoms with Crippen molar-refractivity contribution in [2.24, 2.45) is 0 Å². The predicted octanol–water partition coefficient (Wildman–Crippen LogP) is 3.70. The third-order valence-corrected chi connectivity index (χ3v) is 4.25. The molecule has 0 amide bonds. The topological polar surface area (TPSA) is 67.9 Å². The van der Waals surface area contributed by atoms with Crippen LogP contribution in [0.15, 0.2) is 35.3 Å². The molecule has 3 aromatic rings. The van der Waals surface area contributed by atoms with Crippen LogP contribution in [0.1, 0.15) is 36.7 Å². The zero-order chi connectivity index (χ0) is 19.2. The van der Waals surface area contributed by atoms with Gasteiger partial charge in [-0.1, -0.05) is 13.3 Å². The van der Waals surface area contributed by atoms with Gasteiger partial charge in [0.25, 0.3) is 5.56 Å². The van der Waals surface area contributed by atoms with Crippen molar-refractivity contribution in [1.29, 1.82) is 0 Å². The first-order valence-electron chi connectivity index (χ1n) is 8.96. The molecule has 2 heterocycles. The van der Waals surface area contributed by atoms with Gasteiger partial charge in [0.15, 0.2) is 5.65 Å². The van der Waals surface area contributed by atoms with Crippen molar-refractivity contribution < 1.29 is 13.5 Å². The van der Waals surface area contributed by atoms with Gasteiger partial charge in [-0.2, -0.15) is 0 Å². The predicted molar refractivity (Wildman–Crippen MR) is 98.5 cm³/mol. The molecule has 1 N–H and O–H groups in total. The van der Waals surface area contributed by atoms with Crippen LogP contribution in [0.4, 0.5) is 8.78 Å². The van der Waals surface area contributed by atoms with Crippen LogP contribution in [-0.2, 0) is 24.2 Å². The number of pyridine rings is 1. The second-order valence-corrected chi connectivity index (χ2v) is 6.37. The van der Waals surface area contributed by atoms with Crippen LogP contribution < -0.4 is 5.56 Å². The maximum atomic E-state index is 13.6. The summed E-state index contributed by atoms with van der Waals surface area (Å²) in [7, 11) is 0. The van der Waals surface area contributed by atoms with E-state index in [4.69, 9.17) is 4.74 Å². The highest BCUT2D eigenvalue weighted by atomic mass is 19.1. The lowest BCUT2D eigenvalue weighted by atomic mass is 10.1. The zero-order valence-corrected chi connectivity index (χ0v) is 15.1. The van der Waals surface area contributed by atoms with Crippen molar-refractivity contribution in [3.05, 3.63) is 69.4 Å². The lowest BCUT2D eigenvalue weighted by Crippen LogP contribution is -2.14. The van der Waals surface area contributed by atoms with E-state index in [1.807, 2.05) is 6.07 Å². The van der Waals surface area contributed by atoms with Gasteiger partial charge in [0.2, 0.25) is 0 Å². The minimum Gasteiger partial charge on any atom is -0.373 e. The van der Waals surface area contributed by atoms with Crippen LogP contribution in [-0.4, -0.2) is 21.6 Å². The highest BCUT2D eigenvalue weighted by Gasteiger charge is 2.08. The molecule has 0 fully saturated rings. The van der Waals surface area contributed by atoms with Crippen molar-refractivity contribution in [1.82, 2.24) is 15.0 Å². The Morgan fingerprint density at radius 3 is 2.85 bits per heavy atom. The van der Waals surface area contributed by atoms with Gasteiger partial charge in [0.1, 0.15) is 24.1 Å². The Kier molecular flexibility index (Phi) is 6.24. The maximum Gasteiger partial charge on any atom is 0.260 e. The van der Waals surface area contributed by atoms with Crippen LogP contribution >= 0.6 is 0 Å². The van der Waals surface area contributed by atoms with Crippen molar-refractivity contribution in [3.8, 4) is 0 Å². The van der Waals surface area contributed by atoms with E-state index in [0.29, 0.717) is 16.9 Å². The summed E-state index contributed by atoms with van der Waals surface area (Å²) in [5, 5.41) is 0.453. The second kappa shape index (κ2) is 8.81. The van der Waals surface area contributed by atoms with Gasteiger partial charge in [-0.15, -0.1) is 0 Å². The lowest BCUT2D eigenvalue weighted by Gasteiger charge is -2.07. The lowest BCUT2D eigenvalue weighted by molar-refractivity contribution is 0.118. The third-order valence-electron chi connectivity index (χ3n) is 4.25. The molecule has 0 unspecified atom stereocenters. The molecule has 0 spiro atoms. The fourth-order valence-corrected chi connectivity index (χ4v) is 2.78. The highest BCUT2D eigenvalue weighted by Crippen LogP contribution is 2.12. The van der Waals surface area contributed by atoms with Crippen molar-refractivity contribution >= 4 is 11.0 Å². The quantitative estimate of drug-likeness (QED) is 0.612. The zero-order valence-electron chi connectivity index (χ0n) is 15.1. The Morgan fingerprint density at radius 2 is 2.04 bits per heavy atom. The minimum absolute atomic E-state index is 0.0569. The summed E-state index contributed by atoms with van der Waals surface area (Å²) < 4.78 is 32.2. The molecule has 0 aliphatic heterocycles. The average Bonchev–Trinajstić information content (AvgIpc) is 2.66. The molecule has 0 aliphatic rings. The van der Waals surface area contributed by atoms with Crippen molar-refractivity contribution in [2.75, 3.05) is 6.61 Å². The number of hydrogen-bond donors (Lipinski definition) is 1. The van der Waals surface area contributed by atoms with Crippen molar-refractivity contribution in [2.45, 2.75) is 39.2 Å². The van der Waals surface area contributed by atoms with E-state index in [9.17, 15) is 13.6 Å². The first kappa shape index (κ1) is 19.1. The number of H-pyrrole nitrogens is 1. The van der Waals surface area contributed by atoms with E-state index in [-0.39, 0.29) is 30.8 Å². The molecule has 0 saturated carbocycles. The second-order valence-electron chi connectivity index (χ2n) is 6.37. The Hall–Kier alpha value is -2.67. The summed E-state index contributed by atoms with van der Waals surface area (Å²) in [6.45, 7) is 2.34. The first-order valence-corrected chi connectivity index (χ1v) is 8.96. The summed E-state index contributed by atoms with van der Waals surface area (Å²) in [5.41, 5.74) is 1.36. The van der Waals surface area contributed by atoms with Crippen LogP contribution in [0, 0.1) is 11.6 Å². The summed E-state index contributed by atoms with van der Waals surface area (Å²) in [5.74, 6) is -0.613. The molecule has 27 heavy (non-hydrogen) atoms. The molecular weight excluding hydrogens is 352 g/mol. The molecule has 0 aliphatic carbocycles. The van der Waals surface area contributed by atoms with E-state index in [1.165, 1.54) is 0 Å². The average molecular weight is 373 g/mol. The number of hydrogen-bond acceptors (Lipinski definition) is 4. The molecule has 142 valence electrons. The van der Waals surface area contributed by atoms with Gasteiger partial charge in [0, 0.05) is 6.20 Å². The van der Waals surface area contributed by atoms with Gasteiger partial charge < -0.3 is 9.72 Å². The fourth-order valence-electron chi connectivity index (χ4n) is 2.78. The number of unbranched alkanes of at least 4 members (excludes halogenated alkanes) is 1. The molecule has 0 radical (unpaired) electrons. The normalized spacial score (nSPS) is 11.2. The molecular formula is C20H21F2N3O2. The van der Waals surface area contributed by atoms with Crippen molar-refractivity contribution in [3.63, 3.8) is 0 Å². The third kappa shape index (κ3) is 4.95. The molecule has 0 atom stereocenters. The molecule has 3 rings (SSSR count). The number of nitrogens with zero attached hydrogens (tertiary/aromatic N) is 2. The van der Waals surface area contributed by atoms with Crippen LogP contribution in [0.2, 0.25) is 0 Å². The van der Waals surface area contributed by atoms with Gasteiger partial charge in [-0.05, 0) is 54.7 Å². The number of nitrogens with one attached hydrogen (secondary N) is 1. The van der Waals surface area contributed by atoms with E-state index < -0.39 is 11.6 Å². The molecule has 5 nitrogen and oxygen atoms in total. The Balaban J connectivity index is 1.63. The number of rotatable bonds is 8. The Bertz CT molecular complexity index is 989. The number of halogens is 2. The number of ether oxygens (including phenoxy) is 1. The molecule has 0 saturated heterocycles. The van der Waals surface area contributed by atoms with E-state index >= 15 is 0 Å².